The lowest BCUT2D eigenvalue weighted by Gasteiger charge is -2.11. The quantitative estimate of drug-likeness (QED) is 0.218. The van der Waals surface area contributed by atoms with Crippen molar-refractivity contribution in [2.24, 2.45) is 0 Å². The van der Waals surface area contributed by atoms with Gasteiger partial charge in [0.15, 0.2) is 5.75 Å². The summed E-state index contributed by atoms with van der Waals surface area (Å²) in [5.74, 6) is 0.594. The maximum atomic E-state index is 12.5. The summed E-state index contributed by atoms with van der Waals surface area (Å²) in [4.78, 5) is 34.6. The lowest BCUT2D eigenvalue weighted by atomic mass is 10.2. The van der Waals surface area contributed by atoms with E-state index in [1.54, 1.807) is 12.1 Å². The molecule has 0 bridgehead atoms. The van der Waals surface area contributed by atoms with Crippen LogP contribution >= 0.6 is 39.7 Å². The first-order chi connectivity index (χ1) is 16.7. The molecule has 1 amide bonds. The summed E-state index contributed by atoms with van der Waals surface area (Å²) in [6, 6.07) is 19.6. The summed E-state index contributed by atoms with van der Waals surface area (Å²) in [7, 11) is -4.76. The van der Waals surface area contributed by atoms with Crippen LogP contribution < -0.4 is 14.6 Å². The van der Waals surface area contributed by atoms with Crippen LogP contribution in [0.15, 0.2) is 80.2 Å². The first kappa shape index (κ1) is 25.1. The van der Waals surface area contributed by atoms with Gasteiger partial charge in [-0.25, -0.2) is 4.57 Å². The van der Waals surface area contributed by atoms with Crippen molar-refractivity contribution in [1.82, 2.24) is 15.5 Å². The summed E-state index contributed by atoms with van der Waals surface area (Å²) in [5, 5.41) is 6.51. The molecule has 4 aromatic rings. The Kier molecular flexibility index (Phi) is 7.68. The molecule has 180 valence electrons. The van der Waals surface area contributed by atoms with Gasteiger partial charge in [-0.1, -0.05) is 35.5 Å². The molecule has 0 fully saturated rings. The van der Waals surface area contributed by atoms with Gasteiger partial charge in [0.2, 0.25) is 5.82 Å². The number of carbonyl (C=O) groups excluding carboxylic acids is 1. The van der Waals surface area contributed by atoms with E-state index in [4.69, 9.17) is 19.0 Å². The minimum atomic E-state index is -4.76. The van der Waals surface area contributed by atoms with Gasteiger partial charge < -0.3 is 19.1 Å². The Bertz CT molecular complexity index is 1370. The number of aromatic nitrogens is 2. The van der Waals surface area contributed by atoms with E-state index in [0.717, 1.165) is 11.3 Å². The molecule has 1 aromatic heterocycles. The molecule has 0 spiro atoms. The van der Waals surface area contributed by atoms with Gasteiger partial charge in [0.25, 0.3) is 0 Å². The number of amides is 1. The zero-order valence-corrected chi connectivity index (χ0v) is 21.7. The minimum Gasteiger partial charge on any atom is -0.457 e. The van der Waals surface area contributed by atoms with E-state index < -0.39 is 13.7 Å². The van der Waals surface area contributed by atoms with Gasteiger partial charge in [0, 0.05) is 12.1 Å². The molecule has 13 heteroatoms. The van der Waals surface area contributed by atoms with Crippen molar-refractivity contribution in [2.45, 2.75) is 6.54 Å². The van der Waals surface area contributed by atoms with Crippen LogP contribution in [0.5, 0.6) is 17.2 Å². The highest BCUT2D eigenvalue weighted by atomic mass is 79.9. The zero-order valence-electron chi connectivity index (χ0n) is 17.6. The fraction of sp³-hybridized carbons (Fsp3) is 0.0455. The van der Waals surface area contributed by atoms with E-state index in [1.165, 1.54) is 12.1 Å². The van der Waals surface area contributed by atoms with Crippen molar-refractivity contribution >= 4 is 45.6 Å². The molecule has 35 heavy (non-hydrogen) atoms. The average molecular weight is 625 g/mol. The highest BCUT2D eigenvalue weighted by Gasteiger charge is 2.23. The summed E-state index contributed by atoms with van der Waals surface area (Å²) in [6.07, 6.45) is 0. The number of carbonyl (C=O) groups is 1. The van der Waals surface area contributed by atoms with Gasteiger partial charge in [-0.05, 0) is 73.8 Å². The number of rotatable bonds is 8. The predicted molar refractivity (Wildman–Crippen MR) is 132 cm³/mol. The van der Waals surface area contributed by atoms with E-state index in [9.17, 15) is 9.36 Å². The van der Waals surface area contributed by atoms with Gasteiger partial charge in [-0.15, -0.1) is 0 Å². The van der Waals surface area contributed by atoms with E-state index in [1.807, 2.05) is 42.5 Å². The number of nitrogens with one attached hydrogen (secondary N) is 1. The second-order valence-electron chi connectivity index (χ2n) is 7.02. The van der Waals surface area contributed by atoms with Gasteiger partial charge in [0.05, 0.1) is 8.95 Å². The molecule has 0 atom stereocenters. The Hall–Kier alpha value is -3.02. The summed E-state index contributed by atoms with van der Waals surface area (Å²) < 4.78 is 27.1. The lowest BCUT2D eigenvalue weighted by Crippen LogP contribution is -2.23. The third kappa shape index (κ3) is 6.77. The standard InChI is InChI=1S/C22H16Br2N3O7P/c23-17-10-14(11-18(24)19(17)34-35(29,30)31)20-26-22(33-27-20)21(28)25-12-13-6-8-16(9-7-13)32-15-4-2-1-3-5-15/h1-11H,12H2,(H,25,28)(H2,29,30,31). The van der Waals surface area contributed by atoms with Crippen LogP contribution in [0.4, 0.5) is 0 Å². The lowest BCUT2D eigenvalue weighted by molar-refractivity contribution is 0.0907. The molecule has 3 N–H and O–H groups in total. The average Bonchev–Trinajstić information content (AvgIpc) is 3.31. The monoisotopic (exact) mass is 623 g/mol. The van der Waals surface area contributed by atoms with Crippen LogP contribution in [0.3, 0.4) is 0 Å². The largest absolute Gasteiger partial charge is 0.524 e. The number of benzene rings is 3. The fourth-order valence-corrected chi connectivity index (χ4v) is 4.92. The Morgan fingerprint density at radius 1 is 1.00 bits per heavy atom. The number of hydrogen-bond acceptors (Lipinski definition) is 7. The Labute approximate surface area is 215 Å². The molecule has 0 aliphatic heterocycles. The van der Waals surface area contributed by atoms with Gasteiger partial charge >= 0.3 is 19.6 Å². The molecular formula is C22H16Br2N3O7P. The number of phosphoric acid groups is 1. The molecule has 1 heterocycles. The number of hydrogen-bond donors (Lipinski definition) is 3. The number of halogens is 2. The molecule has 0 saturated carbocycles. The second kappa shape index (κ2) is 10.7. The van der Waals surface area contributed by atoms with Crippen LogP contribution in [0.2, 0.25) is 0 Å². The van der Waals surface area contributed by atoms with Crippen molar-refractivity contribution in [3.63, 3.8) is 0 Å². The maximum absolute atomic E-state index is 12.5. The number of phosphoric ester groups is 1. The highest BCUT2D eigenvalue weighted by Crippen LogP contribution is 2.46. The number of nitrogens with zero attached hydrogens (tertiary/aromatic N) is 2. The SMILES string of the molecule is O=C(NCc1ccc(Oc2ccccc2)cc1)c1nc(-c2cc(Br)c(OP(=O)(O)O)c(Br)c2)no1. The second-order valence-corrected chi connectivity index (χ2v) is 9.89. The molecule has 10 nitrogen and oxygen atoms in total. The third-order valence-corrected chi connectivity index (χ3v) is 6.04. The normalized spacial score (nSPS) is 11.2. The molecular weight excluding hydrogens is 609 g/mol. The van der Waals surface area contributed by atoms with Crippen molar-refractivity contribution in [3.05, 3.63) is 87.1 Å². The van der Waals surface area contributed by atoms with Gasteiger partial charge in [-0.3, -0.25) is 14.6 Å². The third-order valence-electron chi connectivity index (χ3n) is 4.44. The Morgan fingerprint density at radius 2 is 1.63 bits per heavy atom. The molecule has 3 aromatic carbocycles. The summed E-state index contributed by atoms with van der Waals surface area (Å²) in [6.45, 7) is 0.230. The molecule has 0 aliphatic carbocycles. The van der Waals surface area contributed by atoms with Crippen molar-refractivity contribution < 1.29 is 32.9 Å². The van der Waals surface area contributed by atoms with E-state index in [0.29, 0.717) is 11.3 Å². The first-order valence-corrected chi connectivity index (χ1v) is 13.0. The fourth-order valence-electron chi connectivity index (χ4n) is 2.89. The van der Waals surface area contributed by atoms with Crippen molar-refractivity contribution in [3.8, 4) is 28.6 Å². The van der Waals surface area contributed by atoms with Gasteiger partial charge in [0.1, 0.15) is 11.5 Å². The van der Waals surface area contributed by atoms with Crippen molar-refractivity contribution in [2.75, 3.05) is 0 Å². The van der Waals surface area contributed by atoms with E-state index >= 15 is 0 Å². The van der Waals surface area contributed by atoms with Crippen LogP contribution in [0.25, 0.3) is 11.4 Å². The van der Waals surface area contributed by atoms with Gasteiger partial charge in [-0.2, -0.15) is 4.98 Å². The number of ether oxygens (including phenoxy) is 1. The van der Waals surface area contributed by atoms with Crippen LogP contribution in [-0.2, 0) is 11.1 Å². The first-order valence-electron chi connectivity index (χ1n) is 9.86. The number of para-hydroxylation sites is 1. The molecule has 0 saturated heterocycles. The summed E-state index contributed by atoms with van der Waals surface area (Å²) >= 11 is 6.37. The highest BCUT2D eigenvalue weighted by molar-refractivity contribution is 9.11. The van der Waals surface area contributed by atoms with Crippen molar-refractivity contribution in [1.29, 1.82) is 0 Å². The molecule has 0 radical (unpaired) electrons. The van der Waals surface area contributed by atoms with Crippen LogP contribution in [0.1, 0.15) is 16.2 Å². The molecule has 4 rings (SSSR count). The molecule has 0 unspecified atom stereocenters. The Morgan fingerprint density at radius 3 is 2.26 bits per heavy atom. The summed E-state index contributed by atoms with van der Waals surface area (Å²) in [5.41, 5.74) is 1.26. The van der Waals surface area contributed by atoms with E-state index in [2.05, 4.69) is 51.8 Å². The predicted octanol–water partition coefficient (Wildman–Crippen LogP) is 5.46. The van der Waals surface area contributed by atoms with E-state index in [-0.39, 0.29) is 33.0 Å². The Balaban J connectivity index is 1.38. The maximum Gasteiger partial charge on any atom is 0.524 e. The van der Waals surface area contributed by atoms with Crippen LogP contribution in [-0.4, -0.2) is 25.8 Å². The smallest absolute Gasteiger partial charge is 0.457 e. The zero-order chi connectivity index (χ0) is 25.0. The topological polar surface area (TPSA) is 144 Å². The minimum absolute atomic E-state index is 0.0938. The molecule has 0 aliphatic rings. The van der Waals surface area contributed by atoms with Crippen LogP contribution in [0, 0.1) is 0 Å².